The fraction of sp³-hybridized carbons (Fsp3) is 0.222. The summed E-state index contributed by atoms with van der Waals surface area (Å²) in [5.41, 5.74) is 0.381. The summed E-state index contributed by atoms with van der Waals surface area (Å²) in [7, 11) is -1.98. The second-order valence-corrected chi connectivity index (χ2v) is 7.95. The molecule has 2 heterocycles. The summed E-state index contributed by atoms with van der Waals surface area (Å²) in [6.07, 6.45) is -0.251. The van der Waals surface area contributed by atoms with Crippen LogP contribution in [0.15, 0.2) is 53.9 Å². The van der Waals surface area contributed by atoms with Crippen LogP contribution in [0.5, 0.6) is 0 Å². The van der Waals surface area contributed by atoms with Crippen LogP contribution in [0.4, 0.5) is 24.7 Å². The van der Waals surface area contributed by atoms with Crippen molar-refractivity contribution in [2.45, 2.75) is 18.0 Å². The van der Waals surface area contributed by atoms with Gasteiger partial charge in [-0.3, -0.25) is 0 Å². The summed E-state index contributed by atoms with van der Waals surface area (Å²) < 4.78 is 67.7. The van der Waals surface area contributed by atoms with Gasteiger partial charge in [0.15, 0.2) is 0 Å². The Bertz CT molecular complexity index is 1130. The fourth-order valence-corrected chi connectivity index (χ4v) is 3.72. The van der Waals surface area contributed by atoms with E-state index in [0.717, 1.165) is 18.3 Å². The monoisotopic (exact) mass is 425 g/mol. The quantitative estimate of drug-likeness (QED) is 0.631. The van der Waals surface area contributed by atoms with E-state index >= 15 is 0 Å². The van der Waals surface area contributed by atoms with Gasteiger partial charge < -0.3 is 9.88 Å². The van der Waals surface area contributed by atoms with Gasteiger partial charge in [0.05, 0.1) is 22.5 Å². The SMILES string of the molecule is CCNS(=O)(=O)c1ccc(Nc2cc(C(F)(F)F)ccn2)c(-c2cn(C)cn2)c1. The van der Waals surface area contributed by atoms with E-state index < -0.39 is 21.8 Å². The number of sulfonamides is 1. The highest BCUT2D eigenvalue weighted by atomic mass is 32.2. The molecule has 1 aromatic carbocycles. The zero-order valence-corrected chi connectivity index (χ0v) is 16.3. The highest BCUT2D eigenvalue weighted by Gasteiger charge is 2.30. The molecule has 0 aliphatic carbocycles. The second-order valence-electron chi connectivity index (χ2n) is 6.19. The number of pyridine rings is 1. The molecule has 3 rings (SSSR count). The number of halogens is 3. The Hall–Kier alpha value is -2.92. The molecule has 0 bridgehead atoms. The van der Waals surface area contributed by atoms with Crippen molar-refractivity contribution in [2.75, 3.05) is 11.9 Å². The normalized spacial score (nSPS) is 12.2. The lowest BCUT2D eigenvalue weighted by Crippen LogP contribution is -2.23. The standard InChI is InChI=1S/C18H18F3N5O2S/c1-3-24-29(27,28)13-4-5-15(14(9-13)16-10-26(2)11-23-16)25-17-8-12(6-7-22-17)18(19,20)21/h4-11,24H,3H2,1-2H3,(H,22,25). The molecule has 154 valence electrons. The summed E-state index contributed by atoms with van der Waals surface area (Å²) in [4.78, 5) is 8.16. The highest BCUT2D eigenvalue weighted by Crippen LogP contribution is 2.33. The van der Waals surface area contributed by atoms with Gasteiger partial charge in [0, 0.05) is 37.2 Å². The third kappa shape index (κ3) is 4.74. The van der Waals surface area contributed by atoms with Crippen molar-refractivity contribution in [3.63, 3.8) is 0 Å². The number of benzene rings is 1. The predicted molar refractivity (Wildman–Crippen MR) is 102 cm³/mol. The van der Waals surface area contributed by atoms with E-state index in [1.807, 2.05) is 0 Å². The van der Waals surface area contributed by atoms with Crippen molar-refractivity contribution >= 4 is 21.5 Å². The number of nitrogens with zero attached hydrogens (tertiary/aromatic N) is 3. The average molecular weight is 425 g/mol. The van der Waals surface area contributed by atoms with E-state index in [-0.39, 0.29) is 17.3 Å². The van der Waals surface area contributed by atoms with Crippen LogP contribution in [-0.4, -0.2) is 29.5 Å². The molecule has 0 spiro atoms. The summed E-state index contributed by atoms with van der Waals surface area (Å²) in [5.74, 6) is -0.0284. The van der Waals surface area contributed by atoms with Gasteiger partial charge in [-0.15, -0.1) is 0 Å². The first-order chi connectivity index (χ1) is 13.6. The van der Waals surface area contributed by atoms with E-state index in [2.05, 4.69) is 20.0 Å². The van der Waals surface area contributed by atoms with Crippen LogP contribution in [0.2, 0.25) is 0 Å². The van der Waals surface area contributed by atoms with Gasteiger partial charge in [-0.25, -0.2) is 23.1 Å². The minimum atomic E-state index is -4.51. The van der Waals surface area contributed by atoms with E-state index in [4.69, 9.17) is 0 Å². The van der Waals surface area contributed by atoms with Gasteiger partial charge in [-0.2, -0.15) is 13.2 Å². The Kier molecular flexibility index (Phi) is 5.62. The zero-order valence-electron chi connectivity index (χ0n) is 15.5. The van der Waals surface area contributed by atoms with E-state index in [1.54, 1.807) is 24.7 Å². The molecule has 3 aromatic rings. The molecular formula is C18H18F3N5O2S. The van der Waals surface area contributed by atoms with Gasteiger partial charge in [-0.1, -0.05) is 6.92 Å². The first-order valence-corrected chi connectivity index (χ1v) is 10.0. The van der Waals surface area contributed by atoms with Gasteiger partial charge in [0.2, 0.25) is 10.0 Å². The topological polar surface area (TPSA) is 88.9 Å². The minimum Gasteiger partial charge on any atom is -0.340 e. The zero-order chi connectivity index (χ0) is 21.2. The number of nitrogens with one attached hydrogen (secondary N) is 2. The van der Waals surface area contributed by atoms with Crippen LogP contribution in [-0.2, 0) is 23.2 Å². The van der Waals surface area contributed by atoms with Crippen molar-refractivity contribution < 1.29 is 21.6 Å². The lowest BCUT2D eigenvalue weighted by atomic mass is 10.1. The lowest BCUT2D eigenvalue weighted by Gasteiger charge is -2.14. The molecule has 0 amide bonds. The molecule has 2 aromatic heterocycles. The van der Waals surface area contributed by atoms with Crippen molar-refractivity contribution in [3.05, 3.63) is 54.6 Å². The molecule has 7 nitrogen and oxygen atoms in total. The Morgan fingerprint density at radius 3 is 2.52 bits per heavy atom. The molecule has 0 saturated carbocycles. The lowest BCUT2D eigenvalue weighted by molar-refractivity contribution is -0.137. The molecule has 0 aliphatic rings. The molecular weight excluding hydrogens is 407 g/mol. The molecule has 0 fully saturated rings. The van der Waals surface area contributed by atoms with Crippen LogP contribution in [0.25, 0.3) is 11.3 Å². The van der Waals surface area contributed by atoms with Crippen molar-refractivity contribution in [1.29, 1.82) is 0 Å². The predicted octanol–water partition coefficient (Wildman–Crippen LogP) is 3.54. The van der Waals surface area contributed by atoms with Crippen LogP contribution in [0.3, 0.4) is 0 Å². The maximum atomic E-state index is 13.0. The molecule has 0 saturated heterocycles. The summed E-state index contributed by atoms with van der Waals surface area (Å²) in [6, 6.07) is 6.00. The Morgan fingerprint density at radius 1 is 1.14 bits per heavy atom. The van der Waals surface area contributed by atoms with Gasteiger partial charge in [0.1, 0.15) is 5.82 Å². The van der Waals surface area contributed by atoms with Crippen molar-refractivity contribution in [1.82, 2.24) is 19.3 Å². The molecule has 0 radical (unpaired) electrons. The summed E-state index contributed by atoms with van der Waals surface area (Å²) in [5, 5.41) is 2.83. The van der Waals surface area contributed by atoms with Crippen LogP contribution in [0.1, 0.15) is 12.5 Å². The largest absolute Gasteiger partial charge is 0.416 e. The fourth-order valence-electron chi connectivity index (χ4n) is 2.65. The maximum Gasteiger partial charge on any atom is 0.416 e. The molecule has 0 aliphatic heterocycles. The van der Waals surface area contributed by atoms with Gasteiger partial charge in [0.25, 0.3) is 0 Å². The Morgan fingerprint density at radius 2 is 1.90 bits per heavy atom. The van der Waals surface area contributed by atoms with E-state index in [0.29, 0.717) is 16.9 Å². The smallest absolute Gasteiger partial charge is 0.340 e. The molecule has 29 heavy (non-hydrogen) atoms. The van der Waals surface area contributed by atoms with Crippen molar-refractivity contribution in [2.24, 2.45) is 7.05 Å². The van der Waals surface area contributed by atoms with Crippen LogP contribution < -0.4 is 10.0 Å². The number of imidazole rings is 1. The highest BCUT2D eigenvalue weighted by molar-refractivity contribution is 7.89. The minimum absolute atomic E-state index is 0.0163. The molecule has 0 unspecified atom stereocenters. The first-order valence-electron chi connectivity index (χ1n) is 8.52. The van der Waals surface area contributed by atoms with Crippen LogP contribution in [0, 0.1) is 0 Å². The van der Waals surface area contributed by atoms with Crippen LogP contribution >= 0.6 is 0 Å². The molecule has 11 heteroatoms. The first kappa shape index (κ1) is 20.8. The third-order valence-electron chi connectivity index (χ3n) is 3.97. The van der Waals surface area contributed by atoms with E-state index in [1.165, 1.54) is 24.5 Å². The number of anilines is 2. The summed E-state index contributed by atoms with van der Waals surface area (Å²) >= 11 is 0. The Labute approximate surface area is 165 Å². The number of alkyl halides is 3. The second kappa shape index (κ2) is 7.84. The summed E-state index contributed by atoms with van der Waals surface area (Å²) in [6.45, 7) is 1.88. The van der Waals surface area contributed by atoms with E-state index in [9.17, 15) is 21.6 Å². The molecule has 2 N–H and O–H groups in total. The number of hydrogen-bond acceptors (Lipinski definition) is 5. The number of aromatic nitrogens is 3. The number of aryl methyl sites for hydroxylation is 1. The number of hydrogen-bond donors (Lipinski definition) is 2. The molecule has 0 atom stereocenters. The maximum absolute atomic E-state index is 13.0. The third-order valence-corrected chi connectivity index (χ3v) is 5.51. The van der Waals surface area contributed by atoms with Crippen molar-refractivity contribution in [3.8, 4) is 11.3 Å². The van der Waals surface area contributed by atoms with Gasteiger partial charge >= 0.3 is 6.18 Å². The average Bonchev–Trinajstić information content (AvgIpc) is 3.07. The Balaban J connectivity index is 2.07. The van der Waals surface area contributed by atoms with Gasteiger partial charge in [-0.05, 0) is 30.3 Å². The number of rotatable bonds is 6.